The number of aryl methyl sites for hydroxylation is 1. The fraction of sp³-hybridized carbons (Fsp3) is 0.222. The normalized spacial score (nSPS) is 10.3. The lowest BCUT2D eigenvalue weighted by Gasteiger charge is -2.07. The van der Waals surface area contributed by atoms with Gasteiger partial charge in [0.15, 0.2) is 11.6 Å². The van der Waals surface area contributed by atoms with E-state index in [2.05, 4.69) is 41.8 Å². The number of anilines is 2. The minimum Gasteiger partial charge on any atom is -0.362 e. The Morgan fingerprint density at radius 1 is 1.41 bits per heavy atom. The Hall–Kier alpha value is -1.67. The van der Waals surface area contributed by atoms with Crippen LogP contribution >= 0.6 is 15.9 Å². The van der Waals surface area contributed by atoms with Gasteiger partial charge >= 0.3 is 0 Å². The molecule has 17 heavy (non-hydrogen) atoms. The van der Waals surface area contributed by atoms with Crippen LogP contribution in [0, 0.1) is 6.92 Å². The summed E-state index contributed by atoms with van der Waals surface area (Å²) in [5.41, 5.74) is 3.30. The van der Waals surface area contributed by atoms with E-state index in [0.29, 0.717) is 22.7 Å². The summed E-state index contributed by atoms with van der Waals surface area (Å²) in [6.07, 6.45) is 1.41. The number of hydrazine groups is 1. The van der Waals surface area contributed by atoms with Crippen molar-refractivity contribution in [2.24, 2.45) is 5.84 Å². The SMILES string of the molecule is Cc1cc(CNc2ncnc(NN)c2Br)on1. The molecule has 0 atom stereocenters. The molecule has 0 unspecified atom stereocenters. The molecule has 0 bridgehead atoms. The van der Waals surface area contributed by atoms with E-state index in [-0.39, 0.29) is 0 Å². The van der Waals surface area contributed by atoms with Crippen molar-refractivity contribution in [1.29, 1.82) is 0 Å². The number of nitrogens with zero attached hydrogens (tertiary/aromatic N) is 3. The van der Waals surface area contributed by atoms with Gasteiger partial charge in [0.25, 0.3) is 0 Å². The van der Waals surface area contributed by atoms with Gasteiger partial charge in [0.1, 0.15) is 16.6 Å². The fourth-order valence-corrected chi connectivity index (χ4v) is 1.72. The molecule has 2 heterocycles. The molecule has 2 aromatic rings. The first-order chi connectivity index (χ1) is 8.20. The molecular weight excluding hydrogens is 288 g/mol. The maximum atomic E-state index is 5.30. The lowest BCUT2D eigenvalue weighted by molar-refractivity contribution is 0.384. The third kappa shape index (κ3) is 2.71. The number of halogens is 1. The van der Waals surface area contributed by atoms with Gasteiger partial charge in [-0.25, -0.2) is 15.8 Å². The van der Waals surface area contributed by atoms with Crippen molar-refractivity contribution in [2.45, 2.75) is 13.5 Å². The summed E-state index contributed by atoms with van der Waals surface area (Å²) in [4.78, 5) is 8.03. The molecular formula is C9H11BrN6O. The predicted molar refractivity (Wildman–Crippen MR) is 66.1 cm³/mol. The van der Waals surface area contributed by atoms with Gasteiger partial charge < -0.3 is 15.3 Å². The monoisotopic (exact) mass is 298 g/mol. The molecule has 0 aromatic carbocycles. The van der Waals surface area contributed by atoms with Crippen LogP contribution in [0.25, 0.3) is 0 Å². The zero-order valence-electron chi connectivity index (χ0n) is 9.07. The fourth-order valence-electron chi connectivity index (χ4n) is 1.26. The van der Waals surface area contributed by atoms with Crippen molar-refractivity contribution >= 4 is 27.6 Å². The predicted octanol–water partition coefficient (Wildman–Crippen LogP) is 1.43. The Morgan fingerprint density at radius 2 is 2.18 bits per heavy atom. The lowest BCUT2D eigenvalue weighted by atomic mass is 10.4. The molecule has 0 spiro atoms. The molecule has 0 radical (unpaired) electrons. The minimum absolute atomic E-state index is 0.487. The largest absolute Gasteiger partial charge is 0.362 e. The first kappa shape index (κ1) is 11.8. The van der Waals surface area contributed by atoms with Gasteiger partial charge in [-0.3, -0.25) is 0 Å². The molecule has 90 valence electrons. The molecule has 0 saturated carbocycles. The van der Waals surface area contributed by atoms with Crippen LogP contribution in [0.5, 0.6) is 0 Å². The van der Waals surface area contributed by atoms with Crippen LogP contribution in [0.1, 0.15) is 11.5 Å². The molecule has 2 aromatic heterocycles. The molecule has 0 aliphatic rings. The highest BCUT2D eigenvalue weighted by Crippen LogP contribution is 2.25. The molecule has 4 N–H and O–H groups in total. The average Bonchev–Trinajstić information content (AvgIpc) is 2.74. The average molecular weight is 299 g/mol. The van der Waals surface area contributed by atoms with Crippen molar-refractivity contribution in [3.63, 3.8) is 0 Å². The molecule has 0 saturated heterocycles. The number of nitrogens with one attached hydrogen (secondary N) is 2. The van der Waals surface area contributed by atoms with E-state index in [1.54, 1.807) is 0 Å². The van der Waals surface area contributed by atoms with Crippen LogP contribution in [0.4, 0.5) is 11.6 Å². The minimum atomic E-state index is 0.487. The highest BCUT2D eigenvalue weighted by molar-refractivity contribution is 9.10. The second-order valence-corrected chi connectivity index (χ2v) is 4.11. The summed E-state index contributed by atoms with van der Waals surface area (Å²) in [6, 6.07) is 1.85. The van der Waals surface area contributed by atoms with Crippen LogP contribution in [-0.2, 0) is 6.54 Å². The number of rotatable bonds is 4. The lowest BCUT2D eigenvalue weighted by Crippen LogP contribution is -2.11. The van der Waals surface area contributed by atoms with E-state index < -0.39 is 0 Å². The third-order valence-corrected chi connectivity index (χ3v) is 2.78. The molecule has 7 nitrogen and oxygen atoms in total. The maximum Gasteiger partial charge on any atom is 0.159 e. The van der Waals surface area contributed by atoms with Crippen LogP contribution < -0.4 is 16.6 Å². The van der Waals surface area contributed by atoms with Gasteiger partial charge in [-0.05, 0) is 22.9 Å². The van der Waals surface area contributed by atoms with Gasteiger partial charge in [0.05, 0.1) is 12.2 Å². The zero-order chi connectivity index (χ0) is 12.3. The highest BCUT2D eigenvalue weighted by Gasteiger charge is 2.08. The molecule has 8 heteroatoms. The first-order valence-corrected chi connectivity index (χ1v) is 5.63. The van der Waals surface area contributed by atoms with Crippen molar-refractivity contribution in [3.05, 3.63) is 28.3 Å². The van der Waals surface area contributed by atoms with E-state index in [1.807, 2.05) is 13.0 Å². The smallest absolute Gasteiger partial charge is 0.159 e. The van der Waals surface area contributed by atoms with E-state index in [0.717, 1.165) is 11.5 Å². The maximum absolute atomic E-state index is 5.30. The van der Waals surface area contributed by atoms with Crippen LogP contribution in [-0.4, -0.2) is 15.1 Å². The topological polar surface area (TPSA) is 102 Å². The van der Waals surface area contributed by atoms with Crippen LogP contribution in [0.2, 0.25) is 0 Å². The van der Waals surface area contributed by atoms with Crippen molar-refractivity contribution < 1.29 is 4.52 Å². The van der Waals surface area contributed by atoms with E-state index >= 15 is 0 Å². The van der Waals surface area contributed by atoms with Crippen molar-refractivity contribution in [2.75, 3.05) is 10.7 Å². The Kier molecular flexibility index (Phi) is 3.55. The van der Waals surface area contributed by atoms with Gasteiger partial charge in [-0.15, -0.1) is 0 Å². The summed E-state index contributed by atoms with van der Waals surface area (Å²) < 4.78 is 5.74. The van der Waals surface area contributed by atoms with Crippen molar-refractivity contribution in [3.8, 4) is 0 Å². The summed E-state index contributed by atoms with van der Waals surface area (Å²) >= 11 is 3.34. The summed E-state index contributed by atoms with van der Waals surface area (Å²) in [5.74, 6) is 7.17. The Morgan fingerprint density at radius 3 is 2.82 bits per heavy atom. The van der Waals surface area contributed by atoms with Crippen molar-refractivity contribution in [1.82, 2.24) is 15.1 Å². The summed E-state index contributed by atoms with van der Waals surface area (Å²) in [5, 5.41) is 6.88. The quantitative estimate of drug-likeness (QED) is 0.580. The van der Waals surface area contributed by atoms with Crippen LogP contribution in [0.15, 0.2) is 21.4 Å². The number of aromatic nitrogens is 3. The molecule has 0 aliphatic carbocycles. The van der Waals surface area contributed by atoms with E-state index in [9.17, 15) is 0 Å². The first-order valence-electron chi connectivity index (χ1n) is 4.84. The molecule has 2 rings (SSSR count). The Labute approximate surface area is 106 Å². The van der Waals surface area contributed by atoms with Gasteiger partial charge in [-0.1, -0.05) is 5.16 Å². The highest BCUT2D eigenvalue weighted by atomic mass is 79.9. The van der Waals surface area contributed by atoms with Gasteiger partial charge in [0, 0.05) is 6.07 Å². The van der Waals surface area contributed by atoms with Crippen LogP contribution in [0.3, 0.4) is 0 Å². The third-order valence-electron chi connectivity index (χ3n) is 2.03. The number of nitrogens with two attached hydrogens (primary N) is 1. The summed E-state index contributed by atoms with van der Waals surface area (Å²) in [6.45, 7) is 2.35. The second kappa shape index (κ2) is 5.11. The van der Waals surface area contributed by atoms with Gasteiger partial charge in [0.2, 0.25) is 0 Å². The number of hydrogen-bond acceptors (Lipinski definition) is 7. The zero-order valence-corrected chi connectivity index (χ0v) is 10.7. The number of hydrogen-bond donors (Lipinski definition) is 3. The standard InChI is InChI=1S/C9H11BrN6O/c1-5-2-6(17-16-5)3-12-8-7(10)9(15-11)14-4-13-8/h2,4H,3,11H2,1H3,(H2,12,13,14,15). The molecule has 0 fully saturated rings. The summed E-state index contributed by atoms with van der Waals surface area (Å²) in [7, 11) is 0. The Balaban J connectivity index is 2.09. The van der Waals surface area contributed by atoms with E-state index in [1.165, 1.54) is 6.33 Å². The Bertz CT molecular complexity index is 514. The molecule has 0 amide bonds. The molecule has 0 aliphatic heterocycles. The second-order valence-electron chi connectivity index (χ2n) is 3.32. The van der Waals surface area contributed by atoms with E-state index in [4.69, 9.17) is 10.4 Å². The van der Waals surface area contributed by atoms with Gasteiger partial charge in [-0.2, -0.15) is 0 Å². The number of nitrogen functional groups attached to an aromatic ring is 1.